The van der Waals surface area contributed by atoms with Gasteiger partial charge in [-0.25, -0.2) is 9.36 Å². The second-order valence-corrected chi connectivity index (χ2v) is 12.1. The van der Waals surface area contributed by atoms with Crippen molar-refractivity contribution >= 4 is 36.0 Å². The number of methoxy groups -OCH3 is 1. The van der Waals surface area contributed by atoms with E-state index in [9.17, 15) is 14.4 Å². The number of hydrogen-bond donors (Lipinski definition) is 0. The fourth-order valence-corrected chi connectivity index (χ4v) is 6.37. The van der Waals surface area contributed by atoms with E-state index in [1.54, 1.807) is 19.2 Å². The number of benzene rings is 3. The van der Waals surface area contributed by atoms with Gasteiger partial charge in [0.05, 0.1) is 12.5 Å². The van der Waals surface area contributed by atoms with E-state index in [1.807, 2.05) is 97.3 Å². The number of carbonyl (C=O) groups excluding carboxylic acids is 3. The number of ketones is 1. The van der Waals surface area contributed by atoms with Gasteiger partial charge in [0, 0.05) is 36.3 Å². The molecule has 0 fully saturated rings. The minimum absolute atomic E-state index is 0.0459. The lowest BCUT2D eigenvalue weighted by Crippen LogP contribution is -2.39. The van der Waals surface area contributed by atoms with E-state index in [0.717, 1.165) is 23.2 Å². The number of thioether (sulfide) groups is 1. The number of nitrogens with zero attached hydrogens (tertiary/aromatic N) is 2. The molecule has 1 amide bonds. The summed E-state index contributed by atoms with van der Waals surface area (Å²) < 4.78 is 13.1. The molecule has 7 nitrogen and oxygen atoms in total. The molecule has 5 rings (SSSR count). The van der Waals surface area contributed by atoms with Crippen molar-refractivity contribution in [2.24, 2.45) is 0 Å². The van der Waals surface area contributed by atoms with Crippen LogP contribution in [0.5, 0.6) is 5.75 Å². The highest BCUT2D eigenvalue weighted by Gasteiger charge is 2.33. The number of carbonyl (C=O) groups is 3. The molecule has 0 N–H and O–H groups in total. The first kappa shape index (κ1) is 32.4. The summed E-state index contributed by atoms with van der Waals surface area (Å²) >= 11 is 1.54. The number of rotatable bonds is 14. The predicted molar refractivity (Wildman–Crippen MR) is 180 cm³/mol. The molecule has 3 aromatic carbocycles. The smallest absolute Gasteiger partial charge is 0.355 e. The number of Topliss-reactive ketones (excluding diaryl/α,β-unsaturated/α-hetero) is 1. The summed E-state index contributed by atoms with van der Waals surface area (Å²) in [4.78, 5) is 40.3. The summed E-state index contributed by atoms with van der Waals surface area (Å²) in [5.41, 5.74) is 4.78. The van der Waals surface area contributed by atoms with Crippen molar-refractivity contribution in [3.8, 4) is 5.75 Å². The van der Waals surface area contributed by atoms with Crippen molar-refractivity contribution in [2.45, 2.75) is 37.8 Å². The SMILES string of the molecule is COc1ccc(COC(=O)C2=C(/C=C/c3ccc(C[n+]4ccccc4)cc3)CSC(CCC(=O)Cc3ccccc3)N2C=O)cc1. The van der Waals surface area contributed by atoms with E-state index in [-0.39, 0.29) is 23.5 Å². The molecule has 1 aliphatic rings. The Balaban J connectivity index is 1.32. The maximum atomic E-state index is 13.6. The van der Waals surface area contributed by atoms with Crippen molar-refractivity contribution in [3.05, 3.63) is 149 Å². The van der Waals surface area contributed by atoms with Gasteiger partial charge in [-0.05, 0) is 40.8 Å². The summed E-state index contributed by atoms with van der Waals surface area (Å²) in [6, 6.07) is 31.1. The van der Waals surface area contributed by atoms with Gasteiger partial charge < -0.3 is 9.47 Å². The van der Waals surface area contributed by atoms with Gasteiger partial charge in [-0.2, -0.15) is 0 Å². The molecule has 0 saturated heterocycles. The molecular formula is C38H37N2O5S+. The number of aromatic nitrogens is 1. The Morgan fingerprint density at radius 1 is 0.870 bits per heavy atom. The van der Waals surface area contributed by atoms with Gasteiger partial charge in [-0.15, -0.1) is 11.8 Å². The van der Waals surface area contributed by atoms with Gasteiger partial charge in [-0.3, -0.25) is 14.5 Å². The minimum atomic E-state index is -0.585. The zero-order valence-corrected chi connectivity index (χ0v) is 26.6. The molecule has 234 valence electrons. The topological polar surface area (TPSA) is 76.8 Å². The van der Waals surface area contributed by atoms with Crippen molar-refractivity contribution < 1.29 is 28.4 Å². The van der Waals surface area contributed by atoms with Crippen LogP contribution in [0.4, 0.5) is 0 Å². The summed E-state index contributed by atoms with van der Waals surface area (Å²) in [6.45, 7) is 0.810. The second-order valence-electron chi connectivity index (χ2n) is 10.9. The number of allylic oxidation sites excluding steroid dienone is 1. The molecule has 0 saturated carbocycles. The quantitative estimate of drug-likeness (QED) is 0.0940. The van der Waals surface area contributed by atoms with Crippen molar-refractivity contribution in [1.29, 1.82) is 0 Å². The highest BCUT2D eigenvalue weighted by atomic mass is 32.2. The first-order valence-corrected chi connectivity index (χ1v) is 16.2. The molecule has 1 unspecified atom stereocenters. The van der Waals surface area contributed by atoms with E-state index < -0.39 is 5.97 Å². The fraction of sp³-hybridized carbons (Fsp3) is 0.211. The van der Waals surface area contributed by atoms with Crippen LogP contribution in [0.15, 0.2) is 127 Å². The van der Waals surface area contributed by atoms with Gasteiger partial charge in [0.25, 0.3) is 0 Å². The van der Waals surface area contributed by atoms with E-state index in [2.05, 4.69) is 16.7 Å². The lowest BCUT2D eigenvalue weighted by molar-refractivity contribution is -0.688. The number of hydrogen-bond acceptors (Lipinski definition) is 6. The standard InChI is InChI=1S/C38H37N2O5S/c1-44-35-19-15-32(16-20-35)26-45-38(43)37-33(17-14-29-10-12-31(13-11-29)25-39-22-6-3-7-23-39)27-46-36(40(37)28-41)21-18-34(42)24-30-8-4-2-5-9-30/h2-17,19-20,22-23,28,36H,18,21,24-27H2,1H3/q+1/b17-14+. The van der Waals surface area contributed by atoms with Crippen molar-refractivity contribution in [3.63, 3.8) is 0 Å². The third-order valence-electron chi connectivity index (χ3n) is 7.65. The Hall–Kier alpha value is -4.95. The third kappa shape index (κ3) is 9.05. The zero-order valence-electron chi connectivity index (χ0n) is 25.8. The van der Waals surface area contributed by atoms with Gasteiger partial charge in [0.2, 0.25) is 6.41 Å². The predicted octanol–water partition coefficient (Wildman–Crippen LogP) is 6.17. The molecule has 0 bridgehead atoms. The van der Waals surface area contributed by atoms with Crippen LogP contribution in [0.25, 0.3) is 6.08 Å². The monoisotopic (exact) mass is 633 g/mol. The summed E-state index contributed by atoms with van der Waals surface area (Å²) in [5, 5.41) is -0.368. The van der Waals surface area contributed by atoms with Gasteiger partial charge >= 0.3 is 5.97 Å². The van der Waals surface area contributed by atoms with Crippen LogP contribution in [0, 0.1) is 0 Å². The van der Waals surface area contributed by atoms with E-state index in [0.29, 0.717) is 42.7 Å². The molecule has 0 radical (unpaired) electrons. The van der Waals surface area contributed by atoms with Crippen LogP contribution >= 0.6 is 11.8 Å². The van der Waals surface area contributed by atoms with Crippen LogP contribution in [0.1, 0.15) is 35.1 Å². The molecule has 1 aliphatic heterocycles. The number of ether oxygens (including phenoxy) is 2. The fourth-order valence-electron chi connectivity index (χ4n) is 5.17. The average molecular weight is 634 g/mol. The second kappa shape index (κ2) is 16.4. The highest BCUT2D eigenvalue weighted by molar-refractivity contribution is 8.00. The molecule has 0 spiro atoms. The molecule has 8 heteroatoms. The summed E-state index contributed by atoms with van der Waals surface area (Å²) in [5.74, 6) is 0.704. The van der Waals surface area contributed by atoms with Crippen LogP contribution in [0.2, 0.25) is 0 Å². The summed E-state index contributed by atoms with van der Waals surface area (Å²) in [7, 11) is 1.59. The Morgan fingerprint density at radius 3 is 2.26 bits per heavy atom. The maximum absolute atomic E-state index is 13.6. The molecule has 4 aromatic rings. The third-order valence-corrected chi connectivity index (χ3v) is 8.98. The largest absolute Gasteiger partial charge is 0.497 e. The number of esters is 1. The zero-order chi connectivity index (χ0) is 32.1. The lowest BCUT2D eigenvalue weighted by atomic mass is 10.1. The van der Waals surface area contributed by atoms with E-state index in [1.165, 1.54) is 22.2 Å². The van der Waals surface area contributed by atoms with Gasteiger partial charge in [0.15, 0.2) is 18.9 Å². The highest BCUT2D eigenvalue weighted by Crippen LogP contribution is 2.34. The van der Waals surface area contributed by atoms with Crippen LogP contribution in [-0.4, -0.2) is 41.3 Å². The summed E-state index contributed by atoms with van der Waals surface area (Å²) in [6.07, 6.45) is 9.62. The Labute approximate surface area is 274 Å². The first-order valence-electron chi connectivity index (χ1n) is 15.2. The molecule has 1 aromatic heterocycles. The van der Waals surface area contributed by atoms with Crippen molar-refractivity contribution in [1.82, 2.24) is 4.90 Å². The van der Waals surface area contributed by atoms with Crippen LogP contribution in [0.3, 0.4) is 0 Å². The Morgan fingerprint density at radius 2 is 1.57 bits per heavy atom. The van der Waals surface area contributed by atoms with Gasteiger partial charge in [0.1, 0.15) is 23.8 Å². The minimum Gasteiger partial charge on any atom is -0.497 e. The van der Waals surface area contributed by atoms with E-state index in [4.69, 9.17) is 9.47 Å². The number of amides is 1. The van der Waals surface area contributed by atoms with Crippen LogP contribution in [-0.2, 0) is 38.7 Å². The van der Waals surface area contributed by atoms with Crippen LogP contribution < -0.4 is 9.30 Å². The molecule has 2 heterocycles. The molecule has 1 atom stereocenters. The molecule has 0 aliphatic carbocycles. The molecule has 46 heavy (non-hydrogen) atoms. The van der Waals surface area contributed by atoms with Gasteiger partial charge in [-0.1, -0.05) is 84.9 Å². The maximum Gasteiger partial charge on any atom is 0.355 e. The van der Waals surface area contributed by atoms with E-state index >= 15 is 0 Å². The normalized spacial score (nSPS) is 14.7. The Kier molecular flexibility index (Phi) is 11.6. The Bertz CT molecular complexity index is 1670. The number of pyridine rings is 1. The average Bonchev–Trinajstić information content (AvgIpc) is 3.10. The lowest BCUT2D eigenvalue weighted by Gasteiger charge is -2.34. The molecular weight excluding hydrogens is 596 g/mol. The first-order chi connectivity index (χ1) is 22.5. The van der Waals surface area contributed by atoms with Crippen molar-refractivity contribution in [2.75, 3.05) is 12.9 Å².